The van der Waals surface area contributed by atoms with Crippen molar-refractivity contribution in [2.45, 2.75) is 127 Å². The fraction of sp³-hybridized carbons (Fsp3) is 0.556. The molecule has 354 valence electrons. The largest absolute Gasteiger partial charge is 0.508 e. The lowest BCUT2D eigenvalue weighted by molar-refractivity contribution is -0.284. The Kier molecular flexibility index (Phi) is 21.0. The van der Waals surface area contributed by atoms with Crippen LogP contribution >= 0.6 is 0 Å². The second-order valence-electron chi connectivity index (χ2n) is 15.7. The zero-order chi connectivity index (χ0) is 46.8. The third kappa shape index (κ3) is 19.2. The second-order valence-corrected chi connectivity index (χ2v) is 20.3. The predicted octanol–water partition coefficient (Wildman–Crippen LogP) is 12.8. The first-order valence-electron chi connectivity index (χ1n) is 21.0. The molecule has 0 amide bonds. The summed E-state index contributed by atoms with van der Waals surface area (Å²) in [5.74, 6) is -12.0. The molecule has 0 saturated carbocycles. The fourth-order valence-corrected chi connectivity index (χ4v) is 9.86. The molecular weight excluding hydrogens is 891 g/mol. The Morgan fingerprint density at radius 2 is 0.889 bits per heavy atom. The number of aromatic hydroxyl groups is 1. The van der Waals surface area contributed by atoms with Gasteiger partial charge in [-0.3, -0.25) is 0 Å². The van der Waals surface area contributed by atoms with Gasteiger partial charge in [-0.2, -0.15) is 43.9 Å². The highest BCUT2D eigenvalue weighted by Gasteiger charge is 2.57. The van der Waals surface area contributed by atoms with Gasteiger partial charge in [0, 0.05) is 19.4 Å². The molecule has 18 heteroatoms. The molecule has 0 aromatic heterocycles. The number of unbranched alkanes of at least 4 members (excludes halogenated alkanes) is 7. The summed E-state index contributed by atoms with van der Waals surface area (Å²) in [4.78, 5) is 0. The van der Waals surface area contributed by atoms with E-state index < -0.39 is 81.1 Å². The van der Waals surface area contributed by atoms with E-state index in [1.165, 1.54) is 0 Å². The summed E-state index contributed by atoms with van der Waals surface area (Å²) in [6, 6.07) is 26.2. The SMILES string of the molecule is O=S(=O)(CCCCCCCCC(CC(=C(c1ccccc1)c1ccc(O)cc1)c1ccccc1)OCCCCCS(=O)(=O)CCCC(F)(F)C(F)(F)F)CCCC(F)(F)C(F)(F)F. The number of hydrogen-bond donors (Lipinski definition) is 1. The van der Waals surface area contributed by atoms with E-state index in [0.717, 1.165) is 40.7 Å². The minimum absolute atomic E-state index is 0.0956. The zero-order valence-corrected chi connectivity index (χ0v) is 36.5. The highest BCUT2D eigenvalue weighted by molar-refractivity contribution is 7.91. The Balaban J connectivity index is 1.66. The van der Waals surface area contributed by atoms with E-state index in [0.29, 0.717) is 44.9 Å². The van der Waals surface area contributed by atoms with Gasteiger partial charge in [-0.15, -0.1) is 0 Å². The molecule has 3 rings (SSSR count). The van der Waals surface area contributed by atoms with Crippen molar-refractivity contribution in [2.24, 2.45) is 0 Å². The molecule has 0 bridgehead atoms. The molecule has 1 unspecified atom stereocenters. The Morgan fingerprint density at radius 3 is 1.37 bits per heavy atom. The maximum absolute atomic E-state index is 13.2. The highest BCUT2D eigenvalue weighted by Crippen LogP contribution is 2.40. The average Bonchev–Trinajstić information content (AvgIpc) is 3.19. The van der Waals surface area contributed by atoms with Crippen molar-refractivity contribution in [1.29, 1.82) is 0 Å². The lowest BCUT2D eigenvalue weighted by Gasteiger charge is -2.24. The first kappa shape index (κ1) is 53.7. The molecule has 3 aromatic carbocycles. The first-order chi connectivity index (χ1) is 29.4. The van der Waals surface area contributed by atoms with Gasteiger partial charge in [0.2, 0.25) is 0 Å². The number of phenolic OH excluding ortho intramolecular Hbond substituents is 1. The quantitative estimate of drug-likeness (QED) is 0.0423. The Bertz CT molecular complexity index is 2040. The van der Waals surface area contributed by atoms with Crippen molar-refractivity contribution in [2.75, 3.05) is 29.6 Å². The van der Waals surface area contributed by atoms with Gasteiger partial charge >= 0.3 is 24.2 Å². The van der Waals surface area contributed by atoms with Crippen molar-refractivity contribution in [3.8, 4) is 5.75 Å². The van der Waals surface area contributed by atoms with Crippen LogP contribution in [-0.2, 0) is 24.4 Å². The van der Waals surface area contributed by atoms with Gasteiger partial charge in [-0.25, -0.2) is 16.8 Å². The number of sulfone groups is 2. The zero-order valence-electron chi connectivity index (χ0n) is 34.9. The van der Waals surface area contributed by atoms with E-state index in [1.807, 2.05) is 72.8 Å². The van der Waals surface area contributed by atoms with Crippen molar-refractivity contribution in [3.63, 3.8) is 0 Å². The first-order valence-corrected chi connectivity index (χ1v) is 24.6. The van der Waals surface area contributed by atoms with E-state index in [9.17, 15) is 65.8 Å². The van der Waals surface area contributed by atoms with Gasteiger partial charge < -0.3 is 9.84 Å². The van der Waals surface area contributed by atoms with Crippen molar-refractivity contribution in [3.05, 3.63) is 102 Å². The third-order valence-electron chi connectivity index (χ3n) is 10.5. The maximum Gasteiger partial charge on any atom is 0.453 e. The molecular formula is C45H56F10O6S2. The van der Waals surface area contributed by atoms with Gasteiger partial charge in [-0.05, 0) is 84.9 Å². The summed E-state index contributed by atoms with van der Waals surface area (Å²) in [6.07, 6.45) is -11.0. The molecule has 0 aliphatic carbocycles. The van der Waals surface area contributed by atoms with Gasteiger partial charge in [-0.1, -0.05) is 111 Å². The molecule has 0 aliphatic rings. The van der Waals surface area contributed by atoms with E-state index in [-0.39, 0.29) is 42.8 Å². The number of hydrogen-bond acceptors (Lipinski definition) is 6. The molecule has 0 spiro atoms. The topological polar surface area (TPSA) is 97.7 Å². The number of benzene rings is 3. The summed E-state index contributed by atoms with van der Waals surface area (Å²) in [5.41, 5.74) is 4.58. The molecule has 0 saturated heterocycles. The monoisotopic (exact) mass is 946 g/mol. The third-order valence-corrected chi connectivity index (χ3v) is 14.1. The molecule has 0 heterocycles. The summed E-state index contributed by atoms with van der Waals surface area (Å²) in [7, 11) is -7.66. The second kappa shape index (κ2) is 24.6. The van der Waals surface area contributed by atoms with Gasteiger partial charge in [0.25, 0.3) is 0 Å². The van der Waals surface area contributed by atoms with Gasteiger partial charge in [0.15, 0.2) is 0 Å². The molecule has 3 aromatic rings. The van der Waals surface area contributed by atoms with E-state index in [1.54, 1.807) is 12.1 Å². The minimum Gasteiger partial charge on any atom is -0.508 e. The van der Waals surface area contributed by atoms with E-state index in [2.05, 4.69) is 0 Å². The summed E-state index contributed by atoms with van der Waals surface area (Å²) in [6.45, 7) is 0.243. The van der Waals surface area contributed by atoms with Crippen molar-refractivity contribution >= 4 is 30.8 Å². The average molecular weight is 947 g/mol. The molecule has 63 heavy (non-hydrogen) atoms. The Hall–Kier alpha value is -3.64. The van der Waals surface area contributed by atoms with Crippen LogP contribution in [0.5, 0.6) is 5.75 Å². The highest BCUT2D eigenvalue weighted by atomic mass is 32.2. The number of phenols is 1. The van der Waals surface area contributed by atoms with Crippen LogP contribution in [0.15, 0.2) is 84.9 Å². The van der Waals surface area contributed by atoms with Crippen LogP contribution in [-0.4, -0.2) is 81.9 Å². The summed E-state index contributed by atoms with van der Waals surface area (Å²) < 4.78 is 183. The molecule has 1 atom stereocenters. The fourth-order valence-electron chi connectivity index (χ4n) is 6.99. The minimum atomic E-state index is -5.75. The smallest absolute Gasteiger partial charge is 0.453 e. The Labute approximate surface area is 364 Å². The molecule has 1 N–H and O–H groups in total. The van der Waals surface area contributed by atoms with Crippen LogP contribution in [0.3, 0.4) is 0 Å². The molecule has 0 aliphatic heterocycles. The summed E-state index contributed by atoms with van der Waals surface area (Å²) >= 11 is 0. The normalized spacial score (nSPS) is 14.1. The van der Waals surface area contributed by atoms with Crippen LogP contribution in [0.1, 0.15) is 113 Å². The lowest BCUT2D eigenvalue weighted by Crippen LogP contribution is -2.36. The van der Waals surface area contributed by atoms with Crippen molar-refractivity contribution < 1.29 is 70.6 Å². The molecule has 0 radical (unpaired) electrons. The predicted molar refractivity (Wildman–Crippen MR) is 225 cm³/mol. The van der Waals surface area contributed by atoms with Gasteiger partial charge in [0.1, 0.15) is 25.4 Å². The number of halogens is 10. The maximum atomic E-state index is 13.2. The van der Waals surface area contributed by atoms with Crippen LogP contribution in [0.2, 0.25) is 0 Å². The van der Waals surface area contributed by atoms with Crippen LogP contribution in [0, 0.1) is 0 Å². The van der Waals surface area contributed by atoms with Crippen LogP contribution < -0.4 is 0 Å². The van der Waals surface area contributed by atoms with Crippen molar-refractivity contribution in [1.82, 2.24) is 0 Å². The Morgan fingerprint density at radius 1 is 0.492 bits per heavy atom. The van der Waals surface area contributed by atoms with Crippen LogP contribution in [0.4, 0.5) is 43.9 Å². The standard InChI is InChI=1S/C45H56F10O6S2/c46-42(47,44(50,51)52)27-16-32-62(57,58)30-14-4-2-1-3-12-22-39(61-29-13-7-15-31-63(59,60)33-17-28-43(48,49)45(53,54)55)34-40(35-18-8-5-9-19-35)41(36-20-10-6-11-21-36)37-23-25-38(56)26-24-37/h5-6,8-11,18-21,23-26,39,56H,1-4,7,12-17,22,27-34H2. The van der Waals surface area contributed by atoms with E-state index >= 15 is 0 Å². The summed E-state index contributed by atoms with van der Waals surface area (Å²) in [5, 5.41) is 10.1. The molecule has 0 fully saturated rings. The molecule has 6 nitrogen and oxygen atoms in total. The van der Waals surface area contributed by atoms with Gasteiger partial charge in [0.05, 0.1) is 29.1 Å². The van der Waals surface area contributed by atoms with E-state index in [4.69, 9.17) is 4.74 Å². The lowest BCUT2D eigenvalue weighted by atomic mass is 9.86. The number of alkyl halides is 10. The number of rotatable bonds is 29. The number of ether oxygens (including phenoxy) is 1. The van der Waals surface area contributed by atoms with Crippen LogP contribution in [0.25, 0.3) is 11.1 Å².